The smallest absolute Gasteiger partial charge is 0.179 e. The molecule has 0 heterocycles. The van der Waals surface area contributed by atoms with Gasteiger partial charge in [-0.25, -0.2) is 0 Å². The van der Waals surface area contributed by atoms with Crippen molar-refractivity contribution in [1.82, 2.24) is 0 Å². The topological polar surface area (TPSA) is 52.0 Å². The van der Waals surface area contributed by atoms with Crippen molar-refractivity contribution in [2.24, 2.45) is 16.7 Å². The van der Waals surface area contributed by atoms with Crippen molar-refractivity contribution in [3.05, 3.63) is 0 Å². The molecule has 2 nitrogen and oxygen atoms in total. The Hall–Kier alpha value is 0.137. The Bertz CT molecular complexity index is 46.4. The fourth-order valence-electron chi connectivity index (χ4n) is 0.526. The Kier molecular flexibility index (Phi) is 4.13. The van der Waals surface area contributed by atoms with E-state index in [2.05, 4.69) is 13.8 Å². The highest BCUT2D eigenvalue weighted by molar-refractivity contribution is 6.51. The van der Waals surface area contributed by atoms with Crippen molar-refractivity contribution in [2.75, 3.05) is 0 Å². The van der Waals surface area contributed by atoms with Gasteiger partial charge in [-0.3, -0.25) is 0 Å². The second-order valence-electron chi connectivity index (χ2n) is 2.64. The van der Waals surface area contributed by atoms with Gasteiger partial charge in [-0.15, -0.1) is 0 Å². The van der Waals surface area contributed by atoms with Crippen LogP contribution in [-0.4, -0.2) is 9.12 Å². The summed E-state index contributed by atoms with van der Waals surface area (Å²) in [5.41, 5.74) is 0. The van der Waals surface area contributed by atoms with Gasteiger partial charge in [-0.2, -0.15) is 0 Å². The average molecular weight is 132 g/mol. The van der Waals surface area contributed by atoms with E-state index in [0.29, 0.717) is 0 Å². The molecule has 0 aliphatic rings. The van der Waals surface area contributed by atoms with Crippen LogP contribution < -0.4 is 10.8 Å². The van der Waals surface area contributed by atoms with Crippen LogP contribution in [0.2, 0.25) is 6.04 Å². The van der Waals surface area contributed by atoms with Crippen molar-refractivity contribution < 1.29 is 0 Å². The lowest BCUT2D eigenvalue weighted by molar-refractivity contribution is 0.621. The minimum Gasteiger partial charge on any atom is -0.342 e. The van der Waals surface area contributed by atoms with E-state index < -0.39 is 9.12 Å². The first-order chi connectivity index (χ1) is 3.63. The maximum Gasteiger partial charge on any atom is 0.179 e. The summed E-state index contributed by atoms with van der Waals surface area (Å²) in [6.45, 7) is 4.38. The molecule has 0 bridgehead atoms. The number of rotatable bonds is 3. The lowest BCUT2D eigenvalue weighted by Crippen LogP contribution is -2.36. The molecule has 0 aromatic carbocycles. The molecule has 0 aromatic rings. The van der Waals surface area contributed by atoms with E-state index >= 15 is 0 Å². The molecule has 0 aliphatic heterocycles. The molecule has 3 heteroatoms. The van der Waals surface area contributed by atoms with Crippen LogP contribution in [0.3, 0.4) is 0 Å². The molecule has 0 radical (unpaired) electrons. The fraction of sp³-hybridized carbons (Fsp3) is 1.00. The van der Waals surface area contributed by atoms with E-state index in [-0.39, 0.29) is 0 Å². The van der Waals surface area contributed by atoms with Gasteiger partial charge in [-0.1, -0.05) is 20.3 Å². The highest BCUT2D eigenvalue weighted by atomic mass is 28.3. The monoisotopic (exact) mass is 132 g/mol. The summed E-state index contributed by atoms with van der Waals surface area (Å²) in [5.74, 6) is 0.761. The van der Waals surface area contributed by atoms with Gasteiger partial charge in [0.25, 0.3) is 0 Å². The van der Waals surface area contributed by atoms with Crippen LogP contribution in [-0.2, 0) is 0 Å². The van der Waals surface area contributed by atoms with E-state index in [1.165, 1.54) is 6.42 Å². The van der Waals surface area contributed by atoms with Gasteiger partial charge in [0.05, 0.1) is 0 Å². The van der Waals surface area contributed by atoms with Crippen molar-refractivity contribution in [2.45, 2.75) is 26.3 Å². The molecule has 0 amide bonds. The molecule has 0 saturated carbocycles. The predicted molar refractivity (Wildman–Crippen MR) is 39.8 cm³/mol. The van der Waals surface area contributed by atoms with E-state index in [1.807, 2.05) is 0 Å². The van der Waals surface area contributed by atoms with Gasteiger partial charge in [0.15, 0.2) is 9.12 Å². The Morgan fingerprint density at radius 3 is 2.00 bits per heavy atom. The highest BCUT2D eigenvalue weighted by Gasteiger charge is 1.98. The maximum absolute atomic E-state index is 5.46. The van der Waals surface area contributed by atoms with Crippen LogP contribution >= 0.6 is 0 Å². The Balaban J connectivity index is 2.93. The molecule has 0 unspecified atom stereocenters. The molecule has 0 saturated heterocycles. The van der Waals surface area contributed by atoms with Crippen LogP contribution in [0.15, 0.2) is 0 Å². The molecular formula is C5H16N2Si. The Morgan fingerprint density at radius 2 is 1.88 bits per heavy atom. The standard InChI is InChI=1S/C5H16N2Si/c1-5(2)3-4-8(6)7/h5,8H,3-4,6-7H2,1-2H3. The summed E-state index contributed by atoms with van der Waals surface area (Å²) < 4.78 is 0. The zero-order chi connectivity index (χ0) is 6.57. The van der Waals surface area contributed by atoms with E-state index in [9.17, 15) is 0 Å². The largest absolute Gasteiger partial charge is 0.342 e. The predicted octanol–water partition coefficient (Wildman–Crippen LogP) is 0.170. The molecular weight excluding hydrogens is 116 g/mol. The van der Waals surface area contributed by atoms with Crippen LogP contribution in [0.1, 0.15) is 20.3 Å². The van der Waals surface area contributed by atoms with Gasteiger partial charge >= 0.3 is 0 Å². The molecule has 0 fully saturated rings. The summed E-state index contributed by atoms with van der Waals surface area (Å²) in [6, 6.07) is 1.08. The summed E-state index contributed by atoms with van der Waals surface area (Å²) in [6.07, 6.45) is 1.20. The lowest BCUT2D eigenvalue weighted by Gasteiger charge is -2.04. The molecule has 4 N–H and O–H groups in total. The summed E-state index contributed by atoms with van der Waals surface area (Å²) >= 11 is 0. The van der Waals surface area contributed by atoms with Crippen molar-refractivity contribution in [3.63, 3.8) is 0 Å². The highest BCUT2D eigenvalue weighted by Crippen LogP contribution is 2.02. The van der Waals surface area contributed by atoms with E-state index in [0.717, 1.165) is 12.0 Å². The summed E-state index contributed by atoms with van der Waals surface area (Å²) in [4.78, 5) is 0. The van der Waals surface area contributed by atoms with Crippen LogP contribution in [0, 0.1) is 5.92 Å². The number of hydrogen-bond donors (Lipinski definition) is 2. The van der Waals surface area contributed by atoms with Crippen LogP contribution in [0.4, 0.5) is 0 Å². The third kappa shape index (κ3) is 6.14. The zero-order valence-corrected chi connectivity index (χ0v) is 6.88. The molecule has 0 aromatic heterocycles. The van der Waals surface area contributed by atoms with Gasteiger partial charge in [-0.05, 0) is 12.0 Å². The van der Waals surface area contributed by atoms with E-state index in [4.69, 9.17) is 10.8 Å². The maximum atomic E-state index is 5.46. The first-order valence-corrected chi connectivity index (χ1v) is 5.29. The summed E-state index contributed by atoms with van der Waals surface area (Å²) in [5, 5.41) is 10.9. The Morgan fingerprint density at radius 1 is 1.38 bits per heavy atom. The quantitative estimate of drug-likeness (QED) is 0.538. The minimum atomic E-state index is -1.23. The van der Waals surface area contributed by atoms with Crippen molar-refractivity contribution in [3.8, 4) is 0 Å². The third-order valence-electron chi connectivity index (χ3n) is 1.08. The van der Waals surface area contributed by atoms with Gasteiger partial charge < -0.3 is 10.8 Å². The zero-order valence-electron chi connectivity index (χ0n) is 5.72. The van der Waals surface area contributed by atoms with Gasteiger partial charge in [0, 0.05) is 0 Å². The third-order valence-corrected chi connectivity index (χ3v) is 2.08. The Labute approximate surface area is 53.0 Å². The molecule has 50 valence electrons. The molecule has 0 aliphatic carbocycles. The molecule has 8 heavy (non-hydrogen) atoms. The molecule has 0 atom stereocenters. The second kappa shape index (κ2) is 4.06. The van der Waals surface area contributed by atoms with E-state index in [1.54, 1.807) is 0 Å². The van der Waals surface area contributed by atoms with Crippen molar-refractivity contribution >= 4 is 9.12 Å². The van der Waals surface area contributed by atoms with Gasteiger partial charge in [0.2, 0.25) is 0 Å². The van der Waals surface area contributed by atoms with Crippen molar-refractivity contribution in [1.29, 1.82) is 0 Å². The first kappa shape index (κ1) is 8.14. The normalized spacial score (nSPS) is 11.2. The van der Waals surface area contributed by atoms with Crippen LogP contribution in [0.5, 0.6) is 0 Å². The second-order valence-corrected chi connectivity index (χ2v) is 4.54. The molecule has 0 spiro atoms. The minimum absolute atomic E-state index is 0.761. The molecule has 0 rings (SSSR count). The number of nitrogens with two attached hydrogens (primary N) is 2. The SMILES string of the molecule is CC(C)CC[SiH](N)N. The average Bonchev–Trinajstić information content (AvgIpc) is 1.61. The fourth-order valence-corrected chi connectivity index (χ4v) is 1.58. The van der Waals surface area contributed by atoms with Gasteiger partial charge in [0.1, 0.15) is 0 Å². The summed E-state index contributed by atoms with van der Waals surface area (Å²) in [7, 11) is -1.23. The van der Waals surface area contributed by atoms with Crippen LogP contribution in [0.25, 0.3) is 0 Å². The number of hydrogen-bond acceptors (Lipinski definition) is 2. The lowest BCUT2D eigenvalue weighted by atomic mass is 10.2. The first-order valence-electron chi connectivity index (χ1n) is 3.14.